The molecular weight excluding hydrogens is 271 g/mol. The van der Waals surface area contributed by atoms with Crippen molar-refractivity contribution in [1.82, 2.24) is 4.98 Å². The van der Waals surface area contributed by atoms with Crippen LogP contribution in [0.25, 0.3) is 11.1 Å². The number of carbonyl (C=O) groups excluding carboxylic acids is 1. The molecule has 20 heavy (non-hydrogen) atoms. The molecule has 0 aliphatic carbocycles. The van der Waals surface area contributed by atoms with Crippen LogP contribution >= 0.6 is 0 Å². The van der Waals surface area contributed by atoms with E-state index in [1.807, 2.05) is 0 Å². The molecule has 2 aromatic rings. The zero-order valence-electron chi connectivity index (χ0n) is 10.1. The molecule has 7 heteroatoms. The number of pyridine rings is 1. The molecule has 1 amide bonds. The Morgan fingerprint density at radius 2 is 2.00 bits per heavy atom. The number of nitrogens with one attached hydrogen (secondary N) is 1. The molecule has 1 heterocycles. The highest BCUT2D eigenvalue weighted by molar-refractivity contribution is 5.98. The molecule has 0 atom stereocenters. The van der Waals surface area contributed by atoms with Crippen LogP contribution < -0.4 is 11.1 Å². The molecule has 0 saturated heterocycles. The van der Waals surface area contributed by atoms with Crippen LogP contribution in [0.1, 0.15) is 0 Å². The largest absolute Gasteiger partial charge is 0.471 e. The van der Waals surface area contributed by atoms with Gasteiger partial charge >= 0.3 is 12.1 Å². The summed E-state index contributed by atoms with van der Waals surface area (Å²) in [5, 5.41) is 1.80. The highest BCUT2D eigenvalue weighted by atomic mass is 19.4. The standard InChI is InChI=1S/C13H10F3N3O/c14-13(15,16)12(20)19-11-7-18-5-4-10(11)8-2-1-3-9(17)6-8/h1-7H,17H2,(H,19,20). The Morgan fingerprint density at radius 3 is 2.65 bits per heavy atom. The predicted octanol–water partition coefficient (Wildman–Crippen LogP) is 2.83. The number of halogens is 3. The molecule has 0 aliphatic heterocycles. The molecule has 1 aromatic carbocycles. The van der Waals surface area contributed by atoms with Gasteiger partial charge in [-0.25, -0.2) is 0 Å². The molecule has 0 bridgehead atoms. The summed E-state index contributed by atoms with van der Waals surface area (Å²) < 4.78 is 36.8. The highest BCUT2D eigenvalue weighted by Gasteiger charge is 2.39. The summed E-state index contributed by atoms with van der Waals surface area (Å²) in [6.45, 7) is 0. The zero-order chi connectivity index (χ0) is 14.8. The summed E-state index contributed by atoms with van der Waals surface area (Å²) in [4.78, 5) is 14.7. The number of alkyl halides is 3. The van der Waals surface area contributed by atoms with Crippen molar-refractivity contribution < 1.29 is 18.0 Å². The normalized spacial score (nSPS) is 11.2. The lowest BCUT2D eigenvalue weighted by molar-refractivity contribution is -0.167. The fraction of sp³-hybridized carbons (Fsp3) is 0.0769. The van der Waals surface area contributed by atoms with Crippen LogP contribution in [-0.4, -0.2) is 17.1 Å². The number of benzene rings is 1. The first-order valence-electron chi connectivity index (χ1n) is 5.56. The Labute approximate surface area is 112 Å². The number of carbonyl (C=O) groups is 1. The van der Waals surface area contributed by atoms with Crippen LogP contribution in [0.5, 0.6) is 0 Å². The van der Waals surface area contributed by atoms with E-state index in [0.29, 0.717) is 16.8 Å². The van der Waals surface area contributed by atoms with Crippen molar-refractivity contribution >= 4 is 17.3 Å². The van der Waals surface area contributed by atoms with Gasteiger partial charge in [-0.15, -0.1) is 0 Å². The number of nitrogen functional groups attached to an aromatic ring is 1. The molecule has 0 unspecified atom stereocenters. The van der Waals surface area contributed by atoms with Crippen molar-refractivity contribution in [2.75, 3.05) is 11.1 Å². The number of nitrogens with zero attached hydrogens (tertiary/aromatic N) is 1. The number of rotatable bonds is 2. The van der Waals surface area contributed by atoms with E-state index in [9.17, 15) is 18.0 Å². The minimum atomic E-state index is -4.96. The summed E-state index contributed by atoms with van der Waals surface area (Å²) in [7, 11) is 0. The van der Waals surface area contributed by atoms with Gasteiger partial charge in [0.15, 0.2) is 0 Å². The third-order valence-electron chi connectivity index (χ3n) is 2.52. The predicted molar refractivity (Wildman–Crippen MR) is 68.8 cm³/mol. The third-order valence-corrected chi connectivity index (χ3v) is 2.52. The second kappa shape index (κ2) is 5.20. The Balaban J connectivity index is 2.39. The van der Waals surface area contributed by atoms with Gasteiger partial charge in [0.2, 0.25) is 0 Å². The number of nitrogens with two attached hydrogens (primary N) is 1. The van der Waals surface area contributed by atoms with Gasteiger partial charge < -0.3 is 11.1 Å². The summed E-state index contributed by atoms with van der Waals surface area (Å²) >= 11 is 0. The molecule has 104 valence electrons. The lowest BCUT2D eigenvalue weighted by atomic mass is 10.0. The van der Waals surface area contributed by atoms with Crippen molar-refractivity contribution in [3.05, 3.63) is 42.7 Å². The van der Waals surface area contributed by atoms with Crippen LogP contribution in [0, 0.1) is 0 Å². The first-order valence-corrected chi connectivity index (χ1v) is 5.56. The van der Waals surface area contributed by atoms with Crippen LogP contribution in [0.15, 0.2) is 42.7 Å². The summed E-state index contributed by atoms with van der Waals surface area (Å²) in [6, 6.07) is 8.09. The number of hydrogen-bond donors (Lipinski definition) is 2. The number of aromatic nitrogens is 1. The molecule has 1 aromatic heterocycles. The van der Waals surface area contributed by atoms with Gasteiger partial charge in [0.05, 0.1) is 11.9 Å². The second-order valence-corrected chi connectivity index (χ2v) is 4.00. The fourth-order valence-corrected chi connectivity index (χ4v) is 1.65. The van der Waals surface area contributed by atoms with E-state index < -0.39 is 12.1 Å². The molecule has 3 N–H and O–H groups in total. The van der Waals surface area contributed by atoms with Crippen molar-refractivity contribution in [3.63, 3.8) is 0 Å². The van der Waals surface area contributed by atoms with E-state index >= 15 is 0 Å². The van der Waals surface area contributed by atoms with Gasteiger partial charge in [-0.3, -0.25) is 9.78 Å². The number of anilines is 2. The lowest BCUT2D eigenvalue weighted by Crippen LogP contribution is -2.30. The van der Waals surface area contributed by atoms with E-state index in [1.54, 1.807) is 29.6 Å². The van der Waals surface area contributed by atoms with Gasteiger partial charge in [-0.05, 0) is 23.8 Å². The third kappa shape index (κ3) is 3.05. The van der Waals surface area contributed by atoms with Gasteiger partial charge in [-0.1, -0.05) is 12.1 Å². The molecule has 4 nitrogen and oxygen atoms in total. The second-order valence-electron chi connectivity index (χ2n) is 4.00. The molecule has 0 aliphatic rings. The van der Waals surface area contributed by atoms with E-state index in [4.69, 9.17) is 5.73 Å². The smallest absolute Gasteiger partial charge is 0.399 e. The fourth-order valence-electron chi connectivity index (χ4n) is 1.65. The zero-order valence-corrected chi connectivity index (χ0v) is 10.1. The molecule has 0 spiro atoms. The Morgan fingerprint density at radius 1 is 1.25 bits per heavy atom. The lowest BCUT2D eigenvalue weighted by Gasteiger charge is -2.12. The van der Waals surface area contributed by atoms with Gasteiger partial charge in [-0.2, -0.15) is 13.2 Å². The van der Waals surface area contributed by atoms with Crippen LogP contribution in [0.4, 0.5) is 24.5 Å². The Hall–Kier alpha value is -2.57. The average Bonchev–Trinajstić information content (AvgIpc) is 2.38. The minimum absolute atomic E-state index is 0.0274. The van der Waals surface area contributed by atoms with Crippen molar-refractivity contribution in [2.45, 2.75) is 6.18 Å². The van der Waals surface area contributed by atoms with Crippen molar-refractivity contribution in [3.8, 4) is 11.1 Å². The Bertz CT molecular complexity index is 641. The summed E-state index contributed by atoms with van der Waals surface area (Å²) in [5.74, 6) is -2.05. The van der Waals surface area contributed by atoms with E-state index in [1.165, 1.54) is 12.3 Å². The quantitative estimate of drug-likeness (QED) is 0.832. The van der Waals surface area contributed by atoms with E-state index in [2.05, 4.69) is 4.98 Å². The van der Waals surface area contributed by atoms with Gasteiger partial charge in [0.1, 0.15) is 0 Å². The Kier molecular flexibility index (Phi) is 3.60. The first-order chi connectivity index (χ1) is 9.38. The molecule has 0 fully saturated rings. The van der Waals surface area contributed by atoms with E-state index in [0.717, 1.165) is 6.20 Å². The van der Waals surface area contributed by atoms with E-state index in [-0.39, 0.29) is 5.69 Å². The van der Waals surface area contributed by atoms with Crippen LogP contribution in [0.2, 0.25) is 0 Å². The number of amides is 1. The van der Waals surface area contributed by atoms with Crippen LogP contribution in [0.3, 0.4) is 0 Å². The maximum atomic E-state index is 12.3. The maximum Gasteiger partial charge on any atom is 0.471 e. The molecule has 0 saturated carbocycles. The maximum absolute atomic E-state index is 12.3. The van der Waals surface area contributed by atoms with Gasteiger partial charge in [0.25, 0.3) is 0 Å². The summed E-state index contributed by atoms with van der Waals surface area (Å²) in [6.07, 6.45) is -2.38. The molecule has 0 radical (unpaired) electrons. The van der Waals surface area contributed by atoms with Crippen molar-refractivity contribution in [2.24, 2.45) is 0 Å². The highest BCUT2D eigenvalue weighted by Crippen LogP contribution is 2.29. The summed E-state index contributed by atoms with van der Waals surface area (Å²) in [5.41, 5.74) is 7.07. The van der Waals surface area contributed by atoms with Crippen molar-refractivity contribution in [1.29, 1.82) is 0 Å². The molecular formula is C13H10F3N3O. The first kappa shape index (κ1) is 13.9. The van der Waals surface area contributed by atoms with Gasteiger partial charge in [0, 0.05) is 17.4 Å². The molecule has 2 rings (SSSR count). The topological polar surface area (TPSA) is 68.0 Å². The number of hydrogen-bond acceptors (Lipinski definition) is 3. The monoisotopic (exact) mass is 281 g/mol. The SMILES string of the molecule is Nc1cccc(-c2ccncc2NC(=O)C(F)(F)F)c1. The van der Waals surface area contributed by atoms with Crippen LogP contribution in [-0.2, 0) is 4.79 Å². The minimum Gasteiger partial charge on any atom is -0.399 e. The average molecular weight is 281 g/mol.